The predicted octanol–water partition coefficient (Wildman–Crippen LogP) is 1.25. The molecular weight excluding hydrogens is 192 g/mol. The quantitative estimate of drug-likeness (QED) is 0.734. The number of nitrogens with one attached hydrogen (secondary N) is 1. The number of hydrazine groups is 1. The van der Waals surface area contributed by atoms with E-state index >= 15 is 0 Å². The Morgan fingerprint density at radius 1 is 1.00 bits per heavy atom. The van der Waals surface area contributed by atoms with Crippen molar-refractivity contribution >= 4 is 17.5 Å². The minimum atomic E-state index is -0.347. The van der Waals surface area contributed by atoms with Gasteiger partial charge in [-0.3, -0.25) is 15.0 Å². The summed E-state index contributed by atoms with van der Waals surface area (Å²) in [5, 5.41) is 0.977. The number of nitrogens with zero attached hydrogens (tertiary/aromatic N) is 1. The maximum atomic E-state index is 11.2. The highest BCUT2D eigenvalue weighted by atomic mass is 16.2. The van der Waals surface area contributed by atoms with E-state index in [1.165, 1.54) is 12.2 Å². The van der Waals surface area contributed by atoms with E-state index in [0.29, 0.717) is 5.69 Å². The van der Waals surface area contributed by atoms with Gasteiger partial charge in [-0.25, -0.2) is 0 Å². The standard InChI is InChI=1S/C11H10N2O2/c1-8-2-4-9(5-3-8)12-13-10(14)6-7-11(13)15/h2-7,12H,1H3. The first-order valence-corrected chi connectivity index (χ1v) is 4.56. The second kappa shape index (κ2) is 3.57. The number of aryl methyl sites for hydroxylation is 1. The van der Waals surface area contributed by atoms with Crippen LogP contribution in [0.3, 0.4) is 0 Å². The van der Waals surface area contributed by atoms with Crippen molar-refractivity contribution in [2.45, 2.75) is 6.92 Å². The summed E-state index contributed by atoms with van der Waals surface area (Å²) in [6.07, 6.45) is 2.48. The molecule has 0 atom stereocenters. The van der Waals surface area contributed by atoms with Crippen molar-refractivity contribution in [1.29, 1.82) is 0 Å². The van der Waals surface area contributed by atoms with Crippen LogP contribution >= 0.6 is 0 Å². The molecule has 0 unspecified atom stereocenters. The zero-order chi connectivity index (χ0) is 10.8. The van der Waals surface area contributed by atoms with Crippen molar-refractivity contribution < 1.29 is 9.59 Å². The third-order valence-corrected chi connectivity index (χ3v) is 2.10. The van der Waals surface area contributed by atoms with Crippen LogP contribution in [-0.2, 0) is 9.59 Å². The van der Waals surface area contributed by atoms with E-state index in [1.54, 1.807) is 0 Å². The molecule has 4 nitrogen and oxygen atoms in total. The highest BCUT2D eigenvalue weighted by molar-refractivity contribution is 6.13. The summed E-state index contributed by atoms with van der Waals surface area (Å²) < 4.78 is 0. The maximum Gasteiger partial charge on any atom is 0.272 e. The predicted molar refractivity (Wildman–Crippen MR) is 55.8 cm³/mol. The number of imide groups is 1. The minimum Gasteiger partial charge on any atom is -0.288 e. The van der Waals surface area contributed by atoms with Gasteiger partial charge in [0, 0.05) is 12.2 Å². The molecule has 0 saturated heterocycles. The van der Waals surface area contributed by atoms with Crippen molar-refractivity contribution in [3.05, 3.63) is 42.0 Å². The van der Waals surface area contributed by atoms with Gasteiger partial charge in [-0.1, -0.05) is 17.7 Å². The molecule has 1 aromatic carbocycles. The molecule has 0 aromatic heterocycles. The first-order chi connectivity index (χ1) is 7.16. The Kier molecular flexibility index (Phi) is 2.25. The van der Waals surface area contributed by atoms with Crippen molar-refractivity contribution in [2.24, 2.45) is 0 Å². The van der Waals surface area contributed by atoms with Crippen LogP contribution < -0.4 is 5.43 Å². The van der Waals surface area contributed by atoms with Crippen molar-refractivity contribution in [3.8, 4) is 0 Å². The second-order valence-electron chi connectivity index (χ2n) is 3.32. The van der Waals surface area contributed by atoms with Gasteiger partial charge in [0.2, 0.25) is 0 Å². The van der Waals surface area contributed by atoms with Crippen molar-refractivity contribution in [2.75, 3.05) is 5.43 Å². The molecule has 1 N–H and O–H groups in total. The molecule has 1 heterocycles. The molecule has 2 amide bonds. The van der Waals surface area contributed by atoms with Crippen LogP contribution in [0.25, 0.3) is 0 Å². The molecule has 76 valence electrons. The van der Waals surface area contributed by atoms with Crippen LogP contribution in [0.1, 0.15) is 5.56 Å². The number of carbonyl (C=O) groups is 2. The number of hydrogen-bond donors (Lipinski definition) is 1. The fraction of sp³-hybridized carbons (Fsp3) is 0.0909. The minimum absolute atomic E-state index is 0.347. The van der Waals surface area contributed by atoms with Crippen LogP contribution in [0.5, 0.6) is 0 Å². The zero-order valence-corrected chi connectivity index (χ0v) is 8.23. The van der Waals surface area contributed by atoms with Gasteiger partial charge >= 0.3 is 0 Å². The largest absolute Gasteiger partial charge is 0.288 e. The van der Waals surface area contributed by atoms with Gasteiger partial charge < -0.3 is 0 Å². The van der Waals surface area contributed by atoms with Crippen molar-refractivity contribution in [3.63, 3.8) is 0 Å². The monoisotopic (exact) mass is 202 g/mol. The van der Waals surface area contributed by atoms with Crippen molar-refractivity contribution in [1.82, 2.24) is 5.01 Å². The van der Waals surface area contributed by atoms with Gasteiger partial charge in [0.25, 0.3) is 11.8 Å². The summed E-state index contributed by atoms with van der Waals surface area (Å²) in [4.78, 5) is 22.4. The maximum absolute atomic E-state index is 11.2. The van der Waals surface area contributed by atoms with Crippen LogP contribution in [-0.4, -0.2) is 16.8 Å². The third kappa shape index (κ3) is 1.88. The smallest absolute Gasteiger partial charge is 0.272 e. The van der Waals surface area contributed by atoms with E-state index < -0.39 is 0 Å². The summed E-state index contributed by atoms with van der Waals surface area (Å²) in [6.45, 7) is 1.97. The van der Waals surface area contributed by atoms with Crippen LogP contribution in [0.4, 0.5) is 5.69 Å². The van der Waals surface area contributed by atoms with Gasteiger partial charge in [-0.05, 0) is 19.1 Å². The first kappa shape index (κ1) is 9.45. The SMILES string of the molecule is Cc1ccc(NN2C(=O)C=CC2=O)cc1. The van der Waals surface area contributed by atoms with Gasteiger partial charge in [-0.15, -0.1) is 0 Å². The number of anilines is 1. The summed E-state index contributed by atoms with van der Waals surface area (Å²) in [7, 11) is 0. The summed E-state index contributed by atoms with van der Waals surface area (Å²) in [6, 6.07) is 7.43. The Morgan fingerprint density at radius 2 is 1.53 bits per heavy atom. The molecule has 0 fully saturated rings. The molecule has 0 radical (unpaired) electrons. The average molecular weight is 202 g/mol. The summed E-state index contributed by atoms with van der Waals surface area (Å²) in [5.74, 6) is -0.693. The average Bonchev–Trinajstić information content (AvgIpc) is 2.53. The van der Waals surface area contributed by atoms with Crippen LogP contribution in [0.2, 0.25) is 0 Å². The Hall–Kier alpha value is -2.10. The topological polar surface area (TPSA) is 49.4 Å². The number of rotatable bonds is 2. The lowest BCUT2D eigenvalue weighted by atomic mass is 10.2. The highest BCUT2D eigenvalue weighted by Gasteiger charge is 2.23. The third-order valence-electron chi connectivity index (χ3n) is 2.10. The van der Waals surface area contributed by atoms with Gasteiger partial charge in [0.05, 0.1) is 5.69 Å². The molecule has 0 saturated carbocycles. The zero-order valence-electron chi connectivity index (χ0n) is 8.23. The van der Waals surface area contributed by atoms with Gasteiger partial charge in [-0.2, -0.15) is 5.01 Å². The molecule has 4 heteroatoms. The van der Waals surface area contributed by atoms with E-state index in [1.807, 2.05) is 31.2 Å². The highest BCUT2D eigenvalue weighted by Crippen LogP contribution is 2.12. The molecule has 1 aromatic rings. The summed E-state index contributed by atoms with van der Waals surface area (Å²) in [5.41, 5.74) is 4.58. The molecule has 1 aliphatic rings. The Bertz CT molecular complexity index is 416. The van der Waals surface area contributed by atoms with E-state index in [9.17, 15) is 9.59 Å². The normalized spacial score (nSPS) is 14.9. The Balaban J connectivity index is 2.12. The van der Waals surface area contributed by atoms with Crippen LogP contribution in [0.15, 0.2) is 36.4 Å². The number of benzene rings is 1. The van der Waals surface area contributed by atoms with E-state index in [0.717, 1.165) is 10.6 Å². The second-order valence-corrected chi connectivity index (χ2v) is 3.32. The number of carbonyl (C=O) groups excluding carboxylic acids is 2. The van der Waals surface area contributed by atoms with E-state index in [-0.39, 0.29) is 11.8 Å². The van der Waals surface area contributed by atoms with E-state index in [2.05, 4.69) is 5.43 Å². The lowest BCUT2D eigenvalue weighted by molar-refractivity contribution is -0.135. The fourth-order valence-corrected chi connectivity index (χ4v) is 1.27. The van der Waals surface area contributed by atoms with E-state index in [4.69, 9.17) is 0 Å². The molecule has 1 aliphatic heterocycles. The Morgan fingerprint density at radius 3 is 2.07 bits per heavy atom. The fourth-order valence-electron chi connectivity index (χ4n) is 1.27. The number of amides is 2. The summed E-state index contributed by atoms with van der Waals surface area (Å²) >= 11 is 0. The lowest BCUT2D eigenvalue weighted by Crippen LogP contribution is -2.35. The first-order valence-electron chi connectivity index (χ1n) is 4.56. The van der Waals surface area contributed by atoms with Gasteiger partial charge in [0.1, 0.15) is 0 Å². The Labute approximate surface area is 87.2 Å². The molecule has 2 rings (SSSR count). The van der Waals surface area contributed by atoms with Gasteiger partial charge in [0.15, 0.2) is 0 Å². The number of hydrogen-bond acceptors (Lipinski definition) is 3. The molecular formula is C11H10N2O2. The van der Waals surface area contributed by atoms with Crippen LogP contribution in [0, 0.1) is 6.92 Å². The molecule has 0 aliphatic carbocycles. The lowest BCUT2D eigenvalue weighted by Gasteiger charge is -2.16. The molecule has 15 heavy (non-hydrogen) atoms. The molecule has 0 spiro atoms. The molecule has 0 bridgehead atoms.